The van der Waals surface area contributed by atoms with Crippen molar-refractivity contribution in [3.8, 4) is 0 Å². The summed E-state index contributed by atoms with van der Waals surface area (Å²) >= 11 is 5.89. The van der Waals surface area contributed by atoms with Crippen LogP contribution in [0.4, 0.5) is 0 Å². The molecule has 1 heterocycles. The van der Waals surface area contributed by atoms with Gasteiger partial charge >= 0.3 is 0 Å². The largest absolute Gasteiger partial charge is 0.341 e. The SMILES string of the molecule is CCC(C)C(NC(=O)c1ccc(Cl)cc1)C(=O)N1CCCC(CNC)C1.Cl. The number of nitrogens with one attached hydrogen (secondary N) is 2. The van der Waals surface area contributed by atoms with Crippen molar-refractivity contribution in [3.63, 3.8) is 0 Å². The van der Waals surface area contributed by atoms with Crippen LogP contribution >= 0.6 is 24.0 Å². The fourth-order valence-corrected chi connectivity index (χ4v) is 3.55. The molecule has 1 aromatic carbocycles. The number of likely N-dealkylation sites (tertiary alicyclic amines) is 1. The lowest BCUT2D eigenvalue weighted by atomic mass is 9.93. The zero-order valence-electron chi connectivity index (χ0n) is 16.3. The number of halogens is 2. The maximum absolute atomic E-state index is 13.1. The minimum Gasteiger partial charge on any atom is -0.341 e. The van der Waals surface area contributed by atoms with Gasteiger partial charge in [0.2, 0.25) is 5.91 Å². The highest BCUT2D eigenvalue weighted by Crippen LogP contribution is 2.20. The summed E-state index contributed by atoms with van der Waals surface area (Å²) < 4.78 is 0. The van der Waals surface area contributed by atoms with Gasteiger partial charge in [0.15, 0.2) is 0 Å². The van der Waals surface area contributed by atoms with E-state index in [0.717, 1.165) is 38.9 Å². The van der Waals surface area contributed by atoms with E-state index in [-0.39, 0.29) is 30.1 Å². The molecule has 0 bridgehead atoms. The predicted octanol–water partition coefficient (Wildman–Crippen LogP) is 3.36. The topological polar surface area (TPSA) is 61.4 Å². The summed E-state index contributed by atoms with van der Waals surface area (Å²) in [7, 11) is 1.94. The standard InChI is InChI=1S/C20H30ClN3O2.ClH/c1-4-14(2)18(23-19(25)16-7-9-17(21)10-8-16)20(26)24-11-5-6-15(13-24)12-22-3;/h7-10,14-15,18,22H,4-6,11-13H2,1-3H3,(H,23,25);1H. The molecule has 1 aliphatic rings. The normalized spacial score (nSPS) is 19.0. The van der Waals surface area contributed by atoms with Gasteiger partial charge in [0.25, 0.3) is 5.91 Å². The van der Waals surface area contributed by atoms with Crippen molar-refractivity contribution in [2.75, 3.05) is 26.7 Å². The van der Waals surface area contributed by atoms with Crippen LogP contribution in [0.15, 0.2) is 24.3 Å². The Hall–Kier alpha value is -1.30. The highest BCUT2D eigenvalue weighted by molar-refractivity contribution is 6.30. The zero-order valence-corrected chi connectivity index (χ0v) is 17.9. The van der Waals surface area contributed by atoms with Crippen LogP contribution in [0.3, 0.4) is 0 Å². The van der Waals surface area contributed by atoms with E-state index in [4.69, 9.17) is 11.6 Å². The van der Waals surface area contributed by atoms with E-state index in [1.54, 1.807) is 24.3 Å². The van der Waals surface area contributed by atoms with Crippen LogP contribution in [0.5, 0.6) is 0 Å². The van der Waals surface area contributed by atoms with Crippen molar-refractivity contribution in [1.29, 1.82) is 0 Å². The van der Waals surface area contributed by atoms with Gasteiger partial charge in [-0.15, -0.1) is 12.4 Å². The summed E-state index contributed by atoms with van der Waals surface area (Å²) in [6.45, 7) is 6.49. The molecule has 0 saturated carbocycles. The molecule has 0 aliphatic carbocycles. The number of hydrogen-bond donors (Lipinski definition) is 2. The number of hydrogen-bond acceptors (Lipinski definition) is 3. The Morgan fingerprint density at radius 2 is 1.96 bits per heavy atom. The third-order valence-corrected chi connectivity index (χ3v) is 5.45. The summed E-state index contributed by atoms with van der Waals surface area (Å²) in [5.74, 6) is 0.345. The average molecular weight is 416 g/mol. The number of carbonyl (C=O) groups is 2. The lowest BCUT2D eigenvalue weighted by Crippen LogP contribution is -2.54. The maximum Gasteiger partial charge on any atom is 0.251 e. The number of amides is 2. The molecule has 0 spiro atoms. The molecule has 1 aromatic rings. The molecule has 0 aromatic heterocycles. The Balaban J connectivity index is 0.00000364. The van der Waals surface area contributed by atoms with E-state index in [2.05, 4.69) is 10.6 Å². The maximum atomic E-state index is 13.1. The van der Waals surface area contributed by atoms with E-state index < -0.39 is 6.04 Å². The first-order valence-electron chi connectivity index (χ1n) is 9.46. The van der Waals surface area contributed by atoms with Gasteiger partial charge < -0.3 is 15.5 Å². The van der Waals surface area contributed by atoms with Gasteiger partial charge in [0.1, 0.15) is 6.04 Å². The van der Waals surface area contributed by atoms with Crippen molar-refractivity contribution < 1.29 is 9.59 Å². The third kappa shape index (κ3) is 6.66. The van der Waals surface area contributed by atoms with Crippen molar-refractivity contribution in [2.24, 2.45) is 11.8 Å². The molecule has 3 atom stereocenters. The van der Waals surface area contributed by atoms with Gasteiger partial charge in [0, 0.05) is 23.7 Å². The number of benzene rings is 1. The second-order valence-corrected chi connectivity index (χ2v) is 7.63. The molecule has 2 rings (SSSR count). The molecule has 7 heteroatoms. The molecule has 3 unspecified atom stereocenters. The van der Waals surface area contributed by atoms with Crippen molar-refractivity contribution >= 4 is 35.8 Å². The fraction of sp³-hybridized carbons (Fsp3) is 0.600. The Bertz CT molecular complexity index is 608. The Morgan fingerprint density at radius 1 is 1.30 bits per heavy atom. The van der Waals surface area contributed by atoms with Crippen molar-refractivity contribution in [2.45, 2.75) is 39.2 Å². The minimum atomic E-state index is -0.503. The van der Waals surface area contributed by atoms with Gasteiger partial charge in [0.05, 0.1) is 0 Å². The summed E-state index contributed by atoms with van der Waals surface area (Å²) in [5.41, 5.74) is 0.516. The molecule has 1 saturated heterocycles. The quantitative estimate of drug-likeness (QED) is 0.717. The van der Waals surface area contributed by atoms with Crippen molar-refractivity contribution in [1.82, 2.24) is 15.5 Å². The minimum absolute atomic E-state index is 0. The summed E-state index contributed by atoms with van der Waals surface area (Å²) in [5, 5.41) is 6.74. The van der Waals surface area contributed by atoms with Crippen LogP contribution in [0.1, 0.15) is 43.5 Å². The lowest BCUT2D eigenvalue weighted by Gasteiger charge is -2.36. The highest BCUT2D eigenvalue weighted by Gasteiger charge is 2.32. The van der Waals surface area contributed by atoms with Gasteiger partial charge in [-0.3, -0.25) is 9.59 Å². The molecule has 27 heavy (non-hydrogen) atoms. The molecular formula is C20H31Cl2N3O2. The van der Waals surface area contributed by atoms with Crippen LogP contribution in [-0.4, -0.2) is 49.4 Å². The first-order chi connectivity index (χ1) is 12.5. The number of rotatable bonds is 7. The molecule has 1 fully saturated rings. The monoisotopic (exact) mass is 415 g/mol. The second-order valence-electron chi connectivity index (χ2n) is 7.19. The van der Waals surface area contributed by atoms with Crippen LogP contribution in [-0.2, 0) is 4.79 Å². The van der Waals surface area contributed by atoms with Gasteiger partial charge in [-0.25, -0.2) is 0 Å². The number of nitrogens with zero attached hydrogens (tertiary/aromatic N) is 1. The van der Waals surface area contributed by atoms with Gasteiger partial charge in [-0.1, -0.05) is 31.9 Å². The summed E-state index contributed by atoms with van der Waals surface area (Å²) in [4.78, 5) is 27.7. The molecule has 0 radical (unpaired) electrons. The van der Waals surface area contributed by atoms with E-state index in [9.17, 15) is 9.59 Å². The molecule has 1 aliphatic heterocycles. The van der Waals surface area contributed by atoms with Crippen molar-refractivity contribution in [3.05, 3.63) is 34.9 Å². The molecule has 5 nitrogen and oxygen atoms in total. The van der Waals surface area contributed by atoms with Crippen LogP contribution in [0, 0.1) is 11.8 Å². The molecule has 2 amide bonds. The second kappa shape index (κ2) is 11.5. The lowest BCUT2D eigenvalue weighted by molar-refractivity contribution is -0.136. The molecule has 152 valence electrons. The zero-order chi connectivity index (χ0) is 19.1. The Kier molecular flexibility index (Phi) is 10.1. The fourth-order valence-electron chi connectivity index (χ4n) is 3.43. The number of carbonyl (C=O) groups excluding carboxylic acids is 2. The van der Waals surface area contributed by atoms with Crippen LogP contribution < -0.4 is 10.6 Å². The average Bonchev–Trinajstić information content (AvgIpc) is 2.66. The first kappa shape index (κ1) is 23.7. The van der Waals surface area contributed by atoms with Crippen LogP contribution in [0.25, 0.3) is 0 Å². The predicted molar refractivity (Wildman–Crippen MR) is 113 cm³/mol. The summed E-state index contributed by atoms with van der Waals surface area (Å²) in [6, 6.07) is 6.23. The summed E-state index contributed by atoms with van der Waals surface area (Å²) in [6.07, 6.45) is 2.97. The number of piperidine rings is 1. The highest BCUT2D eigenvalue weighted by atomic mass is 35.5. The van der Waals surface area contributed by atoms with E-state index in [1.165, 1.54) is 0 Å². The molecule has 2 N–H and O–H groups in total. The Morgan fingerprint density at radius 3 is 2.56 bits per heavy atom. The van der Waals surface area contributed by atoms with E-state index in [0.29, 0.717) is 16.5 Å². The van der Waals surface area contributed by atoms with Crippen LogP contribution in [0.2, 0.25) is 5.02 Å². The smallest absolute Gasteiger partial charge is 0.251 e. The third-order valence-electron chi connectivity index (χ3n) is 5.20. The Labute approximate surface area is 173 Å². The van der Waals surface area contributed by atoms with E-state index in [1.807, 2.05) is 25.8 Å². The molecular weight excluding hydrogens is 385 g/mol. The van der Waals surface area contributed by atoms with Gasteiger partial charge in [-0.05, 0) is 62.5 Å². The van der Waals surface area contributed by atoms with Gasteiger partial charge in [-0.2, -0.15) is 0 Å². The first-order valence-corrected chi connectivity index (χ1v) is 9.83. The van der Waals surface area contributed by atoms with E-state index >= 15 is 0 Å².